The number of carboxylic acid groups (broad SMARTS) is 2. The monoisotopic (exact) mass is 574 g/mol. The van der Waals surface area contributed by atoms with Crippen molar-refractivity contribution >= 4 is 35.6 Å². The molecule has 0 fully saturated rings. The predicted octanol–water partition coefficient (Wildman–Crippen LogP) is 3.85. The van der Waals surface area contributed by atoms with Crippen LogP contribution in [0.4, 0.5) is 0 Å². The number of hydrogen-bond donors (Lipinski definition) is 4. The van der Waals surface area contributed by atoms with E-state index in [1.54, 1.807) is 62.4 Å². The van der Waals surface area contributed by atoms with Gasteiger partial charge < -0.3 is 10.2 Å². The van der Waals surface area contributed by atoms with Gasteiger partial charge in [-0.25, -0.2) is 9.59 Å². The van der Waals surface area contributed by atoms with Crippen LogP contribution in [0.1, 0.15) is 95.5 Å². The first-order valence-electron chi connectivity index (χ1n) is 13.1. The van der Waals surface area contributed by atoms with Gasteiger partial charge in [-0.2, -0.15) is 0 Å². The summed E-state index contributed by atoms with van der Waals surface area (Å²) in [5.41, 5.74) is -1.98. The Labute approximate surface area is 244 Å². The van der Waals surface area contributed by atoms with Crippen LogP contribution in [0.5, 0.6) is 0 Å². The molecule has 0 spiro atoms. The minimum Gasteiger partial charge on any atom is -0.478 e. The van der Waals surface area contributed by atoms with Gasteiger partial charge in [-0.1, -0.05) is 59.7 Å². The van der Waals surface area contributed by atoms with Gasteiger partial charge in [0.15, 0.2) is 0 Å². The molecule has 43 heavy (non-hydrogen) atoms. The number of carboxylic acids is 2. The first-order chi connectivity index (χ1) is 20.5. The molecule has 0 radical (unpaired) electrons. The summed E-state index contributed by atoms with van der Waals surface area (Å²) in [6.07, 6.45) is 0. The highest BCUT2D eigenvalue weighted by molar-refractivity contribution is 6.25. The van der Waals surface area contributed by atoms with Crippen LogP contribution in [0.15, 0.2) is 72.8 Å². The highest BCUT2D eigenvalue weighted by Crippen LogP contribution is 2.52. The van der Waals surface area contributed by atoms with Gasteiger partial charge in [-0.3, -0.25) is 29.8 Å². The Bertz CT molecular complexity index is 1850. The molecular formula is C33H22N2O8. The molecule has 10 nitrogen and oxygen atoms in total. The minimum absolute atomic E-state index is 0.111. The molecule has 0 aromatic heterocycles. The van der Waals surface area contributed by atoms with Crippen molar-refractivity contribution in [2.75, 3.05) is 0 Å². The summed E-state index contributed by atoms with van der Waals surface area (Å²) in [5.74, 6) is -6.20. The number of rotatable bonds is 6. The number of aryl methyl sites for hydroxylation is 2. The lowest BCUT2D eigenvalue weighted by atomic mass is 9.59. The van der Waals surface area contributed by atoms with Crippen molar-refractivity contribution in [1.82, 2.24) is 10.6 Å². The van der Waals surface area contributed by atoms with Gasteiger partial charge in [0.25, 0.3) is 23.6 Å². The molecule has 4 aromatic carbocycles. The zero-order chi connectivity index (χ0) is 30.8. The van der Waals surface area contributed by atoms with E-state index in [4.69, 9.17) is 0 Å². The number of nitrogens with one attached hydrogen (secondary N) is 2. The first kappa shape index (κ1) is 27.3. The van der Waals surface area contributed by atoms with Crippen molar-refractivity contribution in [2.45, 2.75) is 19.3 Å². The van der Waals surface area contributed by atoms with Crippen molar-refractivity contribution in [3.05, 3.63) is 140 Å². The van der Waals surface area contributed by atoms with Crippen molar-refractivity contribution in [2.24, 2.45) is 0 Å². The van der Waals surface area contributed by atoms with Crippen LogP contribution >= 0.6 is 0 Å². The van der Waals surface area contributed by atoms with Crippen LogP contribution in [0.25, 0.3) is 0 Å². The number of imide groups is 2. The topological polar surface area (TPSA) is 167 Å². The number of aromatic carboxylic acids is 2. The molecule has 2 heterocycles. The minimum atomic E-state index is -2.01. The van der Waals surface area contributed by atoms with Crippen molar-refractivity contribution in [3.63, 3.8) is 0 Å². The standard InChI is InChI=1S/C33H22N2O8/c1-15-5-3-7-17(13-15)33(18-8-4-6-16(2)14-18,25-21(31(40)41)11-9-19-23(25)29(38)34-27(19)36)26-22(32(42)43)12-10-20-24(26)30(39)35-28(20)37/h3-14H,1-2H3,(H,40,41)(H,42,43)(H,34,36,38)(H,35,37,39). The molecule has 0 aliphatic carbocycles. The smallest absolute Gasteiger partial charge is 0.336 e. The van der Waals surface area contributed by atoms with Crippen LogP contribution in [0.2, 0.25) is 0 Å². The lowest BCUT2D eigenvalue weighted by molar-refractivity contribution is 0.0686. The van der Waals surface area contributed by atoms with Crippen molar-refractivity contribution in [1.29, 1.82) is 0 Å². The average molecular weight is 575 g/mol. The predicted molar refractivity (Wildman–Crippen MR) is 152 cm³/mol. The number of carbonyl (C=O) groups excluding carboxylic acids is 4. The Morgan fingerprint density at radius 1 is 0.581 bits per heavy atom. The van der Waals surface area contributed by atoms with Crippen LogP contribution in [0, 0.1) is 13.8 Å². The van der Waals surface area contributed by atoms with E-state index in [0.717, 1.165) is 0 Å². The lowest BCUT2D eigenvalue weighted by Crippen LogP contribution is -2.39. The summed E-state index contributed by atoms with van der Waals surface area (Å²) >= 11 is 0. The number of amides is 4. The van der Waals surface area contributed by atoms with E-state index >= 15 is 0 Å². The third-order valence-corrected chi connectivity index (χ3v) is 7.92. The highest BCUT2D eigenvalue weighted by atomic mass is 16.4. The van der Waals surface area contributed by atoms with E-state index in [2.05, 4.69) is 10.6 Å². The molecule has 10 heteroatoms. The van der Waals surface area contributed by atoms with Crippen molar-refractivity contribution in [3.8, 4) is 0 Å². The van der Waals surface area contributed by atoms with Gasteiger partial charge in [0, 0.05) is 0 Å². The molecule has 2 aliphatic rings. The van der Waals surface area contributed by atoms with Gasteiger partial charge >= 0.3 is 11.9 Å². The number of hydrogen-bond acceptors (Lipinski definition) is 6. The van der Waals surface area contributed by atoms with E-state index in [0.29, 0.717) is 22.3 Å². The molecule has 4 amide bonds. The Hall–Kier alpha value is -5.90. The van der Waals surface area contributed by atoms with E-state index in [1.807, 2.05) is 0 Å². The third kappa shape index (κ3) is 3.87. The normalized spacial score (nSPS) is 13.8. The Balaban J connectivity index is 2.01. The molecule has 0 saturated heterocycles. The summed E-state index contributed by atoms with van der Waals surface area (Å²) in [5, 5.41) is 25.6. The zero-order valence-electron chi connectivity index (χ0n) is 22.8. The molecule has 0 unspecified atom stereocenters. The number of carbonyl (C=O) groups is 6. The fourth-order valence-corrected chi connectivity index (χ4v) is 6.28. The molecular weight excluding hydrogens is 552 g/mol. The number of fused-ring (bicyclic) bond motifs is 2. The molecule has 6 rings (SSSR count). The van der Waals surface area contributed by atoms with Crippen LogP contribution < -0.4 is 10.6 Å². The third-order valence-electron chi connectivity index (χ3n) is 7.92. The maximum atomic E-state index is 13.5. The second-order valence-corrected chi connectivity index (χ2v) is 10.5. The van der Waals surface area contributed by atoms with Gasteiger partial charge in [0.1, 0.15) is 0 Å². The van der Waals surface area contributed by atoms with Crippen LogP contribution in [-0.4, -0.2) is 45.8 Å². The van der Waals surface area contributed by atoms with E-state index < -0.39 is 52.1 Å². The Morgan fingerprint density at radius 2 is 0.977 bits per heavy atom. The van der Waals surface area contributed by atoms with Crippen LogP contribution in [0.3, 0.4) is 0 Å². The van der Waals surface area contributed by atoms with Gasteiger partial charge in [0.2, 0.25) is 0 Å². The summed E-state index contributed by atoms with van der Waals surface area (Å²) in [6, 6.07) is 18.4. The summed E-state index contributed by atoms with van der Waals surface area (Å²) in [4.78, 5) is 78.9. The maximum absolute atomic E-state index is 13.5. The Morgan fingerprint density at radius 3 is 1.33 bits per heavy atom. The fraction of sp³-hybridized carbons (Fsp3) is 0.0909. The Kier molecular flexibility index (Phi) is 6.08. The summed E-state index contributed by atoms with van der Waals surface area (Å²) in [6.45, 7) is 3.55. The van der Waals surface area contributed by atoms with E-state index in [9.17, 15) is 39.0 Å². The summed E-state index contributed by atoms with van der Waals surface area (Å²) in [7, 11) is 0. The zero-order valence-corrected chi connectivity index (χ0v) is 22.8. The highest BCUT2D eigenvalue weighted by Gasteiger charge is 2.51. The summed E-state index contributed by atoms with van der Waals surface area (Å²) < 4.78 is 0. The fourth-order valence-electron chi connectivity index (χ4n) is 6.28. The molecule has 0 bridgehead atoms. The molecule has 212 valence electrons. The quantitative estimate of drug-likeness (QED) is 0.199. The second kappa shape index (κ2) is 9.59. The lowest BCUT2D eigenvalue weighted by Gasteiger charge is -2.40. The van der Waals surface area contributed by atoms with Gasteiger partial charge in [-0.15, -0.1) is 0 Å². The number of benzene rings is 4. The van der Waals surface area contributed by atoms with Gasteiger partial charge in [0.05, 0.1) is 38.8 Å². The average Bonchev–Trinajstić information content (AvgIpc) is 3.42. The maximum Gasteiger partial charge on any atom is 0.336 e. The molecule has 2 aliphatic heterocycles. The molecule has 0 saturated carbocycles. The van der Waals surface area contributed by atoms with E-state index in [-0.39, 0.29) is 33.4 Å². The van der Waals surface area contributed by atoms with Gasteiger partial charge in [-0.05, 0) is 60.4 Å². The van der Waals surface area contributed by atoms with Crippen LogP contribution in [-0.2, 0) is 5.41 Å². The molecule has 4 aromatic rings. The molecule has 4 N–H and O–H groups in total. The SMILES string of the molecule is Cc1cccc(C(c2cccc(C)c2)(c2c(C(=O)O)ccc3c2C(=O)NC3=O)c2c(C(=O)O)ccc3c2C(=O)NC3=O)c1. The molecule has 0 atom stereocenters. The largest absolute Gasteiger partial charge is 0.478 e. The van der Waals surface area contributed by atoms with Crippen molar-refractivity contribution < 1.29 is 39.0 Å². The first-order valence-corrected chi connectivity index (χ1v) is 13.1. The second-order valence-electron chi connectivity index (χ2n) is 10.5. The van der Waals surface area contributed by atoms with E-state index in [1.165, 1.54) is 24.3 Å².